The summed E-state index contributed by atoms with van der Waals surface area (Å²) in [5.41, 5.74) is 3.15. The fourth-order valence-corrected chi connectivity index (χ4v) is 4.23. The van der Waals surface area contributed by atoms with Crippen molar-refractivity contribution in [1.82, 2.24) is 10.1 Å². The summed E-state index contributed by atoms with van der Waals surface area (Å²) >= 11 is 1.40. The Bertz CT molecular complexity index is 1070. The Morgan fingerprint density at radius 3 is 3.00 bits per heavy atom. The molecule has 3 aromatic rings. The highest BCUT2D eigenvalue weighted by molar-refractivity contribution is 7.98. The van der Waals surface area contributed by atoms with Crippen LogP contribution in [-0.4, -0.2) is 22.9 Å². The van der Waals surface area contributed by atoms with Gasteiger partial charge in [0.15, 0.2) is 6.79 Å². The number of ether oxygens (including phenoxy) is 3. The Hall–Kier alpha value is -2.91. The van der Waals surface area contributed by atoms with Gasteiger partial charge in [0, 0.05) is 28.6 Å². The normalized spacial score (nSPS) is 12.9. The number of hydrogen-bond acceptors (Lipinski definition) is 8. The summed E-state index contributed by atoms with van der Waals surface area (Å²) in [6.07, 6.45) is 1.61. The molecule has 0 fully saturated rings. The lowest BCUT2D eigenvalue weighted by atomic mass is 10.1. The minimum absolute atomic E-state index is 0.0741. The topological polar surface area (TPSA) is 83.7 Å². The van der Waals surface area contributed by atoms with Gasteiger partial charge in [0.05, 0.1) is 17.9 Å². The van der Waals surface area contributed by atoms with Gasteiger partial charge in [-0.2, -0.15) is 0 Å². The maximum Gasteiger partial charge on any atom is 0.341 e. The highest BCUT2D eigenvalue weighted by Gasteiger charge is 2.20. The summed E-state index contributed by atoms with van der Waals surface area (Å²) in [5.74, 6) is 0.805. The van der Waals surface area contributed by atoms with E-state index in [0.717, 1.165) is 17.0 Å². The van der Waals surface area contributed by atoms with Crippen molar-refractivity contribution in [1.29, 1.82) is 0 Å². The maximum atomic E-state index is 13.9. The maximum absolute atomic E-state index is 13.9. The van der Waals surface area contributed by atoms with Gasteiger partial charge >= 0.3 is 5.97 Å². The average molecular weight is 430 g/mol. The molecule has 0 saturated carbocycles. The van der Waals surface area contributed by atoms with Crippen molar-refractivity contribution < 1.29 is 27.9 Å². The first-order chi connectivity index (χ1) is 14.5. The molecule has 0 amide bonds. The van der Waals surface area contributed by atoms with Gasteiger partial charge in [-0.05, 0) is 38.1 Å². The molecular formula is C21H19FN2O5S. The van der Waals surface area contributed by atoms with E-state index < -0.39 is 11.8 Å². The minimum Gasteiger partial charge on any atom is -0.467 e. The van der Waals surface area contributed by atoms with E-state index in [9.17, 15) is 9.18 Å². The molecule has 30 heavy (non-hydrogen) atoms. The zero-order valence-electron chi connectivity index (χ0n) is 16.4. The van der Waals surface area contributed by atoms with Crippen molar-refractivity contribution in [3.8, 4) is 5.75 Å². The predicted molar refractivity (Wildman–Crippen MR) is 106 cm³/mol. The summed E-state index contributed by atoms with van der Waals surface area (Å²) in [7, 11) is 0. The number of esters is 1. The van der Waals surface area contributed by atoms with Gasteiger partial charge in [0.1, 0.15) is 29.0 Å². The molecule has 0 radical (unpaired) electrons. The van der Waals surface area contributed by atoms with Crippen LogP contribution in [0.15, 0.2) is 40.0 Å². The largest absolute Gasteiger partial charge is 0.467 e. The van der Waals surface area contributed by atoms with E-state index in [2.05, 4.69) is 10.1 Å². The van der Waals surface area contributed by atoms with E-state index in [1.807, 2.05) is 13.8 Å². The smallest absolute Gasteiger partial charge is 0.341 e. The molecule has 0 unspecified atom stereocenters. The van der Waals surface area contributed by atoms with E-state index in [1.54, 1.807) is 18.3 Å². The molecule has 9 heteroatoms. The standard InChI is InChI=1S/C21H19FN2O5S/c1-12-18(13(2)29-24-12)10-30-20-17(4-3-5-23-20)21(25)27-9-15-7-16(22)6-14-8-26-11-28-19(14)15/h3-7H,8-11H2,1-2H3. The van der Waals surface area contributed by atoms with Crippen molar-refractivity contribution in [2.24, 2.45) is 0 Å². The van der Waals surface area contributed by atoms with Gasteiger partial charge in [0.2, 0.25) is 0 Å². The van der Waals surface area contributed by atoms with Crippen LogP contribution in [0.1, 0.15) is 38.5 Å². The molecule has 4 rings (SSSR count). The number of rotatable bonds is 6. The molecule has 0 atom stereocenters. The summed E-state index contributed by atoms with van der Waals surface area (Å²) in [5, 5.41) is 4.48. The zero-order chi connectivity index (χ0) is 21.1. The molecule has 0 spiro atoms. The molecule has 0 bridgehead atoms. The van der Waals surface area contributed by atoms with E-state index in [0.29, 0.717) is 33.2 Å². The Kier molecular flexibility index (Phi) is 6.01. The van der Waals surface area contributed by atoms with E-state index in [4.69, 9.17) is 18.7 Å². The molecule has 1 aliphatic rings. The van der Waals surface area contributed by atoms with Crippen LogP contribution in [0, 0.1) is 19.7 Å². The number of benzene rings is 1. The summed E-state index contributed by atoms with van der Waals surface area (Å²) in [4.78, 5) is 17.0. The van der Waals surface area contributed by atoms with E-state index in [-0.39, 0.29) is 20.0 Å². The highest BCUT2D eigenvalue weighted by Crippen LogP contribution is 2.31. The summed E-state index contributed by atoms with van der Waals surface area (Å²) in [6.45, 7) is 3.91. The Morgan fingerprint density at radius 2 is 2.20 bits per heavy atom. The number of fused-ring (bicyclic) bond motifs is 1. The number of hydrogen-bond donors (Lipinski definition) is 0. The van der Waals surface area contributed by atoms with Gasteiger partial charge < -0.3 is 18.7 Å². The monoisotopic (exact) mass is 430 g/mol. The van der Waals surface area contributed by atoms with Gasteiger partial charge in [-0.25, -0.2) is 14.2 Å². The molecule has 0 saturated heterocycles. The fraction of sp³-hybridized carbons (Fsp3) is 0.286. The van der Waals surface area contributed by atoms with Gasteiger partial charge in [-0.3, -0.25) is 0 Å². The first kappa shape index (κ1) is 20.4. The fourth-order valence-electron chi connectivity index (χ4n) is 3.09. The molecule has 0 aliphatic carbocycles. The van der Waals surface area contributed by atoms with Crippen molar-refractivity contribution in [2.45, 2.75) is 37.8 Å². The van der Waals surface area contributed by atoms with Crippen LogP contribution in [0.2, 0.25) is 0 Å². The number of aromatic nitrogens is 2. The lowest BCUT2D eigenvalue weighted by Gasteiger charge is -2.20. The first-order valence-electron chi connectivity index (χ1n) is 9.21. The quantitative estimate of drug-likeness (QED) is 0.422. The number of halogens is 1. The van der Waals surface area contributed by atoms with Crippen LogP contribution in [0.3, 0.4) is 0 Å². The minimum atomic E-state index is -0.547. The number of nitrogens with zero attached hydrogens (tertiary/aromatic N) is 2. The Balaban J connectivity index is 1.48. The number of thioether (sulfide) groups is 1. The second kappa shape index (κ2) is 8.85. The van der Waals surface area contributed by atoms with Gasteiger partial charge in [-0.1, -0.05) is 5.16 Å². The van der Waals surface area contributed by atoms with E-state index in [1.165, 1.54) is 23.9 Å². The second-order valence-corrected chi connectivity index (χ2v) is 7.65. The molecule has 1 aliphatic heterocycles. The molecule has 3 heterocycles. The molecular weight excluding hydrogens is 411 g/mol. The second-order valence-electron chi connectivity index (χ2n) is 6.69. The SMILES string of the molecule is Cc1noc(C)c1CSc1ncccc1C(=O)OCc1cc(F)cc2c1OCOC2. The van der Waals surface area contributed by atoms with Crippen molar-refractivity contribution in [2.75, 3.05) is 6.79 Å². The van der Waals surface area contributed by atoms with Gasteiger partial charge in [-0.15, -0.1) is 11.8 Å². The van der Waals surface area contributed by atoms with Crippen molar-refractivity contribution in [3.05, 3.63) is 70.0 Å². The van der Waals surface area contributed by atoms with Gasteiger partial charge in [0.25, 0.3) is 0 Å². The first-order valence-corrected chi connectivity index (χ1v) is 10.2. The Labute approximate surface area is 176 Å². The number of aryl methyl sites for hydroxylation is 2. The number of carbonyl (C=O) groups excluding carboxylic acids is 1. The summed E-state index contributed by atoms with van der Waals surface area (Å²) in [6, 6.07) is 5.97. The predicted octanol–water partition coefficient (Wildman–Crippen LogP) is 4.34. The lowest BCUT2D eigenvalue weighted by molar-refractivity contribution is -0.0183. The van der Waals surface area contributed by atoms with Crippen LogP contribution in [0.25, 0.3) is 0 Å². The third-order valence-corrected chi connectivity index (χ3v) is 5.67. The van der Waals surface area contributed by atoms with Crippen molar-refractivity contribution >= 4 is 17.7 Å². The van der Waals surface area contributed by atoms with Crippen LogP contribution < -0.4 is 4.74 Å². The number of carbonyl (C=O) groups is 1. The average Bonchev–Trinajstić information content (AvgIpc) is 3.07. The van der Waals surface area contributed by atoms with Crippen LogP contribution >= 0.6 is 11.8 Å². The van der Waals surface area contributed by atoms with Crippen molar-refractivity contribution in [3.63, 3.8) is 0 Å². The summed E-state index contributed by atoms with van der Waals surface area (Å²) < 4.78 is 35.2. The molecule has 1 aromatic carbocycles. The lowest BCUT2D eigenvalue weighted by Crippen LogP contribution is -2.15. The highest BCUT2D eigenvalue weighted by atomic mass is 32.2. The van der Waals surface area contributed by atoms with E-state index >= 15 is 0 Å². The van der Waals surface area contributed by atoms with Crippen LogP contribution in [0.4, 0.5) is 4.39 Å². The van der Waals surface area contributed by atoms with Crippen LogP contribution in [0.5, 0.6) is 5.75 Å². The third-order valence-electron chi connectivity index (χ3n) is 4.64. The molecule has 2 aromatic heterocycles. The zero-order valence-corrected chi connectivity index (χ0v) is 17.3. The Morgan fingerprint density at radius 1 is 1.33 bits per heavy atom. The molecule has 7 nitrogen and oxygen atoms in total. The molecule has 0 N–H and O–H groups in total. The third kappa shape index (κ3) is 4.31. The molecule has 156 valence electrons. The number of pyridine rings is 1. The van der Waals surface area contributed by atoms with Crippen LogP contribution in [-0.2, 0) is 28.4 Å².